The molecule has 9 heteroatoms. The molecule has 0 atom stereocenters. The molecule has 0 aliphatic heterocycles. The SMILES string of the molecule is CN(c1cnc2c(-c3cccc(Cl)c3F)[nH]nc2n1)c1ncccc1CN. The summed E-state index contributed by atoms with van der Waals surface area (Å²) >= 11 is 5.88. The number of rotatable bonds is 4. The molecule has 3 aromatic heterocycles. The number of pyridine rings is 1. The number of nitrogens with two attached hydrogens (primary N) is 1. The molecule has 1 aromatic carbocycles. The molecule has 3 N–H and O–H groups in total. The maximum absolute atomic E-state index is 14.3. The first kappa shape index (κ1) is 17.3. The number of anilines is 2. The summed E-state index contributed by atoms with van der Waals surface area (Å²) in [5.74, 6) is 0.694. The Hall–Kier alpha value is -3.10. The van der Waals surface area contributed by atoms with Crippen molar-refractivity contribution in [3.05, 3.63) is 59.1 Å². The van der Waals surface area contributed by atoms with E-state index in [4.69, 9.17) is 17.3 Å². The number of nitrogens with zero attached hydrogens (tertiary/aromatic N) is 5. The zero-order valence-electron chi connectivity index (χ0n) is 14.3. The highest BCUT2D eigenvalue weighted by Gasteiger charge is 2.18. The Morgan fingerprint density at radius 2 is 2.07 bits per heavy atom. The second kappa shape index (κ2) is 6.90. The van der Waals surface area contributed by atoms with Crippen LogP contribution in [0.25, 0.3) is 22.4 Å². The van der Waals surface area contributed by atoms with E-state index in [9.17, 15) is 4.39 Å². The molecule has 4 aromatic rings. The van der Waals surface area contributed by atoms with Gasteiger partial charge in [0, 0.05) is 30.9 Å². The van der Waals surface area contributed by atoms with Crippen LogP contribution in [-0.2, 0) is 6.54 Å². The van der Waals surface area contributed by atoms with E-state index in [1.165, 1.54) is 6.07 Å². The molecule has 0 saturated heterocycles. The average Bonchev–Trinajstić information content (AvgIpc) is 3.12. The summed E-state index contributed by atoms with van der Waals surface area (Å²) in [4.78, 5) is 15.1. The van der Waals surface area contributed by atoms with Gasteiger partial charge in [0.15, 0.2) is 11.6 Å². The molecule has 4 rings (SSSR count). The Morgan fingerprint density at radius 1 is 1.22 bits per heavy atom. The predicted octanol–water partition coefficient (Wildman–Crippen LogP) is 3.43. The summed E-state index contributed by atoms with van der Waals surface area (Å²) in [6.45, 7) is 0.351. The highest BCUT2D eigenvalue weighted by Crippen LogP contribution is 2.31. The van der Waals surface area contributed by atoms with E-state index >= 15 is 0 Å². The lowest BCUT2D eigenvalue weighted by Gasteiger charge is -2.19. The van der Waals surface area contributed by atoms with Crippen molar-refractivity contribution in [2.24, 2.45) is 5.73 Å². The molecule has 0 aliphatic carbocycles. The van der Waals surface area contributed by atoms with Crippen LogP contribution >= 0.6 is 11.6 Å². The predicted molar refractivity (Wildman–Crippen MR) is 102 cm³/mol. The maximum Gasteiger partial charge on any atom is 0.202 e. The van der Waals surface area contributed by atoms with Gasteiger partial charge in [0.1, 0.15) is 11.3 Å². The van der Waals surface area contributed by atoms with Crippen molar-refractivity contribution in [1.82, 2.24) is 25.1 Å². The van der Waals surface area contributed by atoms with Crippen molar-refractivity contribution in [2.45, 2.75) is 6.54 Å². The molecule has 0 unspecified atom stereocenters. The smallest absolute Gasteiger partial charge is 0.202 e. The Labute approximate surface area is 159 Å². The third-order valence-corrected chi connectivity index (χ3v) is 4.51. The van der Waals surface area contributed by atoms with Crippen LogP contribution in [0.5, 0.6) is 0 Å². The number of fused-ring (bicyclic) bond motifs is 1. The first-order chi connectivity index (χ1) is 13.1. The van der Waals surface area contributed by atoms with Crippen LogP contribution in [0.4, 0.5) is 16.0 Å². The molecule has 136 valence electrons. The van der Waals surface area contributed by atoms with Gasteiger partial charge in [-0.2, -0.15) is 5.10 Å². The van der Waals surface area contributed by atoms with Crippen LogP contribution < -0.4 is 10.6 Å². The largest absolute Gasteiger partial charge is 0.326 e. The topological polar surface area (TPSA) is 96.6 Å². The van der Waals surface area contributed by atoms with E-state index in [1.807, 2.05) is 19.2 Å². The maximum atomic E-state index is 14.3. The molecule has 0 spiro atoms. The van der Waals surface area contributed by atoms with Gasteiger partial charge in [0.25, 0.3) is 0 Å². The van der Waals surface area contributed by atoms with Crippen LogP contribution in [-0.4, -0.2) is 32.2 Å². The number of aromatic amines is 1. The minimum atomic E-state index is -0.534. The number of benzene rings is 1. The van der Waals surface area contributed by atoms with Crippen LogP contribution in [0.1, 0.15) is 5.56 Å². The van der Waals surface area contributed by atoms with E-state index in [0.29, 0.717) is 35.0 Å². The van der Waals surface area contributed by atoms with Crippen molar-refractivity contribution < 1.29 is 4.39 Å². The molecule has 27 heavy (non-hydrogen) atoms. The molecule has 0 bridgehead atoms. The Morgan fingerprint density at radius 3 is 2.89 bits per heavy atom. The third-order valence-electron chi connectivity index (χ3n) is 4.22. The van der Waals surface area contributed by atoms with Gasteiger partial charge in [-0.15, -0.1) is 0 Å². The summed E-state index contributed by atoms with van der Waals surface area (Å²) in [7, 11) is 1.82. The average molecular weight is 384 g/mol. The van der Waals surface area contributed by atoms with Crippen molar-refractivity contribution in [1.29, 1.82) is 0 Å². The summed E-state index contributed by atoms with van der Waals surface area (Å²) < 4.78 is 14.3. The summed E-state index contributed by atoms with van der Waals surface area (Å²) in [5.41, 5.74) is 8.19. The fourth-order valence-electron chi connectivity index (χ4n) is 2.83. The van der Waals surface area contributed by atoms with Crippen LogP contribution in [0.2, 0.25) is 5.02 Å². The zero-order valence-corrected chi connectivity index (χ0v) is 15.1. The van der Waals surface area contributed by atoms with Gasteiger partial charge in [-0.3, -0.25) is 5.10 Å². The van der Waals surface area contributed by atoms with Crippen molar-refractivity contribution in [2.75, 3.05) is 11.9 Å². The fraction of sp³-hybridized carbons (Fsp3) is 0.111. The van der Waals surface area contributed by atoms with Crippen molar-refractivity contribution >= 4 is 34.4 Å². The minimum absolute atomic E-state index is 0.0315. The molecular weight excluding hydrogens is 369 g/mol. The van der Waals surface area contributed by atoms with E-state index in [1.54, 1.807) is 29.4 Å². The zero-order chi connectivity index (χ0) is 19.0. The molecular formula is C18H15ClFN7. The van der Waals surface area contributed by atoms with Gasteiger partial charge in [-0.25, -0.2) is 19.3 Å². The number of aromatic nitrogens is 5. The third kappa shape index (κ3) is 2.98. The second-order valence-corrected chi connectivity index (χ2v) is 6.26. The van der Waals surface area contributed by atoms with Gasteiger partial charge < -0.3 is 10.6 Å². The lowest BCUT2D eigenvalue weighted by molar-refractivity contribution is 0.631. The van der Waals surface area contributed by atoms with Crippen molar-refractivity contribution in [3.63, 3.8) is 0 Å². The molecule has 3 heterocycles. The quantitative estimate of drug-likeness (QED) is 0.560. The molecule has 0 amide bonds. The Kier molecular flexibility index (Phi) is 4.43. The lowest BCUT2D eigenvalue weighted by Crippen LogP contribution is -2.16. The fourth-order valence-corrected chi connectivity index (χ4v) is 3.01. The van der Waals surface area contributed by atoms with Gasteiger partial charge in [-0.05, 0) is 18.2 Å². The molecule has 0 fully saturated rings. The highest BCUT2D eigenvalue weighted by atomic mass is 35.5. The minimum Gasteiger partial charge on any atom is -0.326 e. The Bertz CT molecular complexity index is 1130. The first-order valence-corrected chi connectivity index (χ1v) is 8.51. The van der Waals surface area contributed by atoms with E-state index in [0.717, 1.165) is 5.56 Å². The second-order valence-electron chi connectivity index (χ2n) is 5.85. The van der Waals surface area contributed by atoms with Gasteiger partial charge in [0.2, 0.25) is 5.65 Å². The van der Waals surface area contributed by atoms with E-state index < -0.39 is 5.82 Å². The number of H-pyrrole nitrogens is 1. The number of nitrogens with one attached hydrogen (secondary N) is 1. The number of hydrogen-bond acceptors (Lipinski definition) is 6. The molecule has 0 saturated carbocycles. The first-order valence-electron chi connectivity index (χ1n) is 8.13. The number of halogens is 2. The summed E-state index contributed by atoms with van der Waals surface area (Å²) in [6.07, 6.45) is 3.27. The normalized spacial score (nSPS) is 11.1. The molecule has 7 nitrogen and oxygen atoms in total. The van der Waals surface area contributed by atoms with Gasteiger partial charge in [0.05, 0.1) is 16.9 Å². The standard InChI is InChI=1S/C18H15ClFN7/c1-27(18-10(8-21)4-3-7-22-18)13-9-23-16-15(25-26-17(16)24-13)11-5-2-6-12(19)14(11)20/h2-7,9H,8,21H2,1H3,(H,24,25,26). The lowest BCUT2D eigenvalue weighted by atomic mass is 10.1. The van der Waals surface area contributed by atoms with Crippen molar-refractivity contribution in [3.8, 4) is 11.3 Å². The van der Waals surface area contributed by atoms with E-state index in [-0.39, 0.29) is 10.6 Å². The molecule has 0 aliphatic rings. The summed E-state index contributed by atoms with van der Waals surface area (Å²) in [6, 6.07) is 8.49. The van der Waals surface area contributed by atoms with E-state index in [2.05, 4.69) is 25.1 Å². The highest BCUT2D eigenvalue weighted by molar-refractivity contribution is 6.31. The monoisotopic (exact) mass is 383 g/mol. The van der Waals surface area contributed by atoms with Crippen LogP contribution in [0, 0.1) is 5.82 Å². The van der Waals surface area contributed by atoms with Crippen LogP contribution in [0.3, 0.4) is 0 Å². The summed E-state index contributed by atoms with van der Waals surface area (Å²) in [5, 5.41) is 7.00. The van der Waals surface area contributed by atoms with Gasteiger partial charge in [-0.1, -0.05) is 23.7 Å². The molecule has 0 radical (unpaired) electrons. The number of hydrogen-bond donors (Lipinski definition) is 2. The Balaban J connectivity index is 1.78. The van der Waals surface area contributed by atoms with Crippen LogP contribution in [0.15, 0.2) is 42.7 Å². The van der Waals surface area contributed by atoms with Gasteiger partial charge >= 0.3 is 0 Å².